The molecule has 0 bridgehead atoms. The molecular weight excluding hydrogens is 370 g/mol. The van der Waals surface area contributed by atoms with Gasteiger partial charge in [0.05, 0.1) is 11.8 Å². The Morgan fingerprint density at radius 1 is 1.37 bits per heavy atom. The van der Waals surface area contributed by atoms with Crippen molar-refractivity contribution < 1.29 is 18.0 Å². The molecule has 9 nitrogen and oxygen atoms in total. The standard InChI is InChI=1S/C17H27N5O4S/c1-10(20-14(23)12-9-19-21-15(12)27(18,25)26)11-4-6-22(7-5-11)16(24)13-8-17(13,2)3/h9-11,13H,4-8H2,1-3H3,(H,19,21)(H,20,23)(H2,18,25,26)/t10-,13-/m1/s1. The van der Waals surface area contributed by atoms with E-state index in [4.69, 9.17) is 5.14 Å². The summed E-state index contributed by atoms with van der Waals surface area (Å²) in [6.07, 6.45) is 3.71. The molecule has 2 atom stereocenters. The van der Waals surface area contributed by atoms with E-state index >= 15 is 0 Å². The maximum Gasteiger partial charge on any atom is 0.256 e. The third kappa shape index (κ3) is 4.16. The number of likely N-dealkylation sites (tertiary alicyclic amines) is 1. The average Bonchev–Trinajstić information content (AvgIpc) is 2.99. The summed E-state index contributed by atoms with van der Waals surface area (Å²) in [5, 5.41) is 13.4. The Morgan fingerprint density at radius 3 is 2.48 bits per heavy atom. The predicted octanol–water partition coefficient (Wildman–Crippen LogP) is 0.460. The number of nitrogens with zero attached hydrogens (tertiary/aromatic N) is 2. The predicted molar refractivity (Wildman–Crippen MR) is 98.1 cm³/mol. The largest absolute Gasteiger partial charge is 0.349 e. The summed E-state index contributed by atoms with van der Waals surface area (Å²) >= 11 is 0. The van der Waals surface area contributed by atoms with Gasteiger partial charge in [-0.25, -0.2) is 13.6 Å². The summed E-state index contributed by atoms with van der Waals surface area (Å²) < 4.78 is 23.0. The number of primary sulfonamides is 1. The van der Waals surface area contributed by atoms with Gasteiger partial charge in [0.15, 0.2) is 5.03 Å². The summed E-state index contributed by atoms with van der Waals surface area (Å²) in [7, 11) is -4.05. The van der Waals surface area contributed by atoms with Crippen LogP contribution in [-0.2, 0) is 14.8 Å². The van der Waals surface area contributed by atoms with Gasteiger partial charge in [0.1, 0.15) is 0 Å². The molecule has 1 saturated carbocycles. The zero-order valence-corrected chi connectivity index (χ0v) is 16.7. The molecule has 0 aromatic carbocycles. The molecule has 3 rings (SSSR count). The number of piperidine rings is 1. The first-order valence-electron chi connectivity index (χ1n) is 9.16. The number of sulfonamides is 1. The minimum atomic E-state index is -4.05. The molecule has 4 N–H and O–H groups in total. The number of carbonyl (C=O) groups is 2. The normalized spacial score (nSPS) is 23.7. The highest BCUT2D eigenvalue weighted by molar-refractivity contribution is 7.89. The maximum atomic E-state index is 12.5. The minimum Gasteiger partial charge on any atom is -0.349 e. The molecule has 2 aliphatic rings. The van der Waals surface area contributed by atoms with E-state index in [0.29, 0.717) is 13.1 Å². The number of hydrogen-bond donors (Lipinski definition) is 3. The second kappa shape index (κ2) is 6.90. The Hall–Kier alpha value is -1.94. The van der Waals surface area contributed by atoms with Crippen molar-refractivity contribution in [2.75, 3.05) is 13.1 Å². The fraction of sp³-hybridized carbons (Fsp3) is 0.706. The summed E-state index contributed by atoms with van der Waals surface area (Å²) in [6.45, 7) is 7.49. The van der Waals surface area contributed by atoms with Crippen molar-refractivity contribution >= 4 is 21.8 Å². The van der Waals surface area contributed by atoms with Crippen LogP contribution in [0, 0.1) is 17.3 Å². The van der Waals surface area contributed by atoms with Crippen LogP contribution in [-0.4, -0.2) is 54.5 Å². The molecule has 10 heteroatoms. The van der Waals surface area contributed by atoms with Crippen molar-refractivity contribution in [2.45, 2.75) is 51.1 Å². The molecule has 1 saturated heterocycles. The van der Waals surface area contributed by atoms with Crippen LogP contribution < -0.4 is 10.5 Å². The fourth-order valence-electron chi connectivity index (χ4n) is 3.78. The summed E-state index contributed by atoms with van der Waals surface area (Å²) in [4.78, 5) is 26.8. The lowest BCUT2D eigenvalue weighted by Crippen LogP contribution is -2.46. The quantitative estimate of drug-likeness (QED) is 0.662. The number of hydrogen-bond acceptors (Lipinski definition) is 5. The van der Waals surface area contributed by atoms with Crippen LogP contribution in [0.15, 0.2) is 11.2 Å². The van der Waals surface area contributed by atoms with Crippen molar-refractivity contribution in [3.8, 4) is 0 Å². The highest BCUT2D eigenvalue weighted by Gasteiger charge is 2.52. The molecule has 0 unspecified atom stereocenters. The smallest absolute Gasteiger partial charge is 0.256 e. The second-order valence-electron chi connectivity index (χ2n) is 8.33. The van der Waals surface area contributed by atoms with E-state index in [1.165, 1.54) is 0 Å². The summed E-state index contributed by atoms with van der Waals surface area (Å²) in [5.74, 6) is 0.0730. The van der Waals surface area contributed by atoms with Crippen LogP contribution >= 0.6 is 0 Å². The average molecular weight is 398 g/mol. The van der Waals surface area contributed by atoms with Gasteiger partial charge >= 0.3 is 0 Å². The molecule has 2 amide bonds. The molecule has 1 aromatic rings. The third-order valence-corrected chi connectivity index (χ3v) is 6.74. The van der Waals surface area contributed by atoms with E-state index in [2.05, 4.69) is 29.4 Å². The van der Waals surface area contributed by atoms with E-state index < -0.39 is 15.9 Å². The highest BCUT2D eigenvalue weighted by Crippen LogP contribution is 2.52. The van der Waals surface area contributed by atoms with Crippen LogP contribution in [0.5, 0.6) is 0 Å². The van der Waals surface area contributed by atoms with E-state index in [1.807, 2.05) is 11.8 Å². The Labute approximate surface area is 159 Å². The maximum absolute atomic E-state index is 12.5. The lowest BCUT2D eigenvalue weighted by atomic mass is 9.90. The number of aromatic amines is 1. The van der Waals surface area contributed by atoms with Gasteiger partial charge in [-0.3, -0.25) is 14.7 Å². The molecular formula is C17H27N5O4S. The van der Waals surface area contributed by atoms with Crippen LogP contribution in [0.3, 0.4) is 0 Å². The molecule has 150 valence electrons. The molecule has 1 aromatic heterocycles. The first kappa shape index (κ1) is 19.8. The van der Waals surface area contributed by atoms with E-state index in [9.17, 15) is 18.0 Å². The van der Waals surface area contributed by atoms with Crippen LogP contribution in [0.2, 0.25) is 0 Å². The van der Waals surface area contributed by atoms with E-state index in [1.54, 1.807) is 0 Å². The zero-order valence-electron chi connectivity index (χ0n) is 15.9. The van der Waals surface area contributed by atoms with Gasteiger partial charge < -0.3 is 10.2 Å². The van der Waals surface area contributed by atoms with Crippen molar-refractivity contribution in [1.29, 1.82) is 0 Å². The lowest BCUT2D eigenvalue weighted by molar-refractivity contribution is -0.134. The van der Waals surface area contributed by atoms with Gasteiger partial charge in [0.2, 0.25) is 5.91 Å². The lowest BCUT2D eigenvalue weighted by Gasteiger charge is -2.35. The number of aromatic nitrogens is 2. The van der Waals surface area contributed by atoms with Crippen molar-refractivity contribution in [1.82, 2.24) is 20.4 Å². The van der Waals surface area contributed by atoms with Gasteiger partial charge in [0, 0.05) is 25.0 Å². The Morgan fingerprint density at radius 2 is 1.96 bits per heavy atom. The van der Waals surface area contributed by atoms with E-state index in [0.717, 1.165) is 25.5 Å². The van der Waals surface area contributed by atoms with Gasteiger partial charge in [-0.2, -0.15) is 5.10 Å². The van der Waals surface area contributed by atoms with Crippen LogP contribution in [0.4, 0.5) is 0 Å². The molecule has 0 spiro atoms. The summed E-state index contributed by atoms with van der Waals surface area (Å²) in [5.41, 5.74) is 0.0359. The summed E-state index contributed by atoms with van der Waals surface area (Å²) in [6, 6.07) is -0.157. The number of nitrogens with two attached hydrogens (primary N) is 1. The topological polar surface area (TPSA) is 138 Å². The monoisotopic (exact) mass is 397 g/mol. The molecule has 1 aliphatic carbocycles. The highest BCUT2D eigenvalue weighted by atomic mass is 32.2. The van der Waals surface area contributed by atoms with Crippen LogP contribution in [0.25, 0.3) is 0 Å². The Balaban J connectivity index is 1.54. The van der Waals surface area contributed by atoms with Gasteiger partial charge in [-0.1, -0.05) is 13.8 Å². The first-order valence-corrected chi connectivity index (χ1v) is 10.7. The molecule has 27 heavy (non-hydrogen) atoms. The van der Waals surface area contributed by atoms with Gasteiger partial charge in [0.25, 0.3) is 15.9 Å². The molecule has 2 heterocycles. The van der Waals surface area contributed by atoms with Crippen LogP contribution in [0.1, 0.15) is 50.4 Å². The number of amides is 2. The Kier molecular flexibility index (Phi) is 5.06. The van der Waals surface area contributed by atoms with Gasteiger partial charge in [-0.05, 0) is 37.5 Å². The molecule has 1 aliphatic heterocycles. The zero-order chi connectivity index (χ0) is 20.0. The fourth-order valence-corrected chi connectivity index (χ4v) is 4.42. The number of nitrogens with one attached hydrogen (secondary N) is 2. The van der Waals surface area contributed by atoms with E-state index in [-0.39, 0.29) is 39.8 Å². The number of carbonyl (C=O) groups excluding carboxylic acids is 2. The second-order valence-corrected chi connectivity index (χ2v) is 9.83. The molecule has 0 radical (unpaired) electrons. The molecule has 2 fully saturated rings. The van der Waals surface area contributed by atoms with Crippen molar-refractivity contribution in [2.24, 2.45) is 22.4 Å². The number of rotatable bonds is 5. The SMILES string of the molecule is C[C@@H](NC(=O)c1cn[nH]c1S(N)(=O)=O)C1CCN(C(=O)[C@H]2CC2(C)C)CC1. The Bertz CT molecular complexity index is 839. The van der Waals surface area contributed by atoms with Gasteiger partial charge in [-0.15, -0.1) is 0 Å². The van der Waals surface area contributed by atoms with Crippen molar-refractivity contribution in [3.63, 3.8) is 0 Å². The third-order valence-electron chi connectivity index (χ3n) is 5.86. The van der Waals surface area contributed by atoms with Crippen molar-refractivity contribution in [3.05, 3.63) is 11.8 Å². The first-order chi connectivity index (χ1) is 12.5. The minimum absolute atomic E-state index is 0.0899. The number of H-pyrrole nitrogens is 1.